The van der Waals surface area contributed by atoms with Crippen molar-refractivity contribution in [1.82, 2.24) is 10.9 Å². The third-order valence-corrected chi connectivity index (χ3v) is 4.23. The number of ether oxygens (including phenoxy) is 2. The van der Waals surface area contributed by atoms with E-state index in [0.29, 0.717) is 23.5 Å². The molecule has 7 heteroatoms. The molecule has 24 heavy (non-hydrogen) atoms. The largest absolute Gasteiger partial charge is 0.493 e. The molecule has 1 aromatic rings. The Morgan fingerprint density at radius 2 is 1.75 bits per heavy atom. The van der Waals surface area contributed by atoms with Crippen LogP contribution in [0.5, 0.6) is 11.5 Å². The third-order valence-electron chi connectivity index (χ3n) is 4.23. The average molecular weight is 336 g/mol. The first-order chi connectivity index (χ1) is 11.6. The van der Waals surface area contributed by atoms with Gasteiger partial charge in [-0.3, -0.25) is 20.4 Å². The van der Waals surface area contributed by atoms with Crippen molar-refractivity contribution in [2.24, 2.45) is 0 Å². The third kappa shape index (κ3) is 5.13. The van der Waals surface area contributed by atoms with Crippen molar-refractivity contribution in [3.8, 4) is 11.5 Å². The molecule has 2 rings (SSSR count). The second-order valence-corrected chi connectivity index (χ2v) is 5.88. The molecule has 1 fully saturated rings. The summed E-state index contributed by atoms with van der Waals surface area (Å²) < 4.78 is 10.3. The highest BCUT2D eigenvalue weighted by atomic mass is 16.5. The summed E-state index contributed by atoms with van der Waals surface area (Å²) >= 11 is 0. The van der Waals surface area contributed by atoms with Gasteiger partial charge in [-0.25, -0.2) is 0 Å². The van der Waals surface area contributed by atoms with Crippen LogP contribution in [0.25, 0.3) is 0 Å². The van der Waals surface area contributed by atoms with Crippen LogP contribution < -0.4 is 25.2 Å². The Morgan fingerprint density at radius 3 is 2.42 bits per heavy atom. The number of benzene rings is 1. The molecular formula is C17H26N3O4+. The molecule has 1 aliphatic heterocycles. The maximum atomic E-state index is 12.1. The van der Waals surface area contributed by atoms with E-state index in [0.717, 1.165) is 19.6 Å². The first-order valence-electron chi connectivity index (χ1n) is 8.29. The van der Waals surface area contributed by atoms with Gasteiger partial charge in [0.25, 0.3) is 5.91 Å². The highest BCUT2D eigenvalue weighted by Gasteiger charge is 2.16. The maximum absolute atomic E-state index is 12.1. The Balaban J connectivity index is 1.78. The number of hydrazine groups is 1. The summed E-state index contributed by atoms with van der Waals surface area (Å²) in [6.45, 7) is 3.06. The Kier molecular flexibility index (Phi) is 6.87. The topological polar surface area (TPSA) is 81.1 Å². The molecule has 0 unspecified atom stereocenters. The minimum absolute atomic E-state index is 0.179. The van der Waals surface area contributed by atoms with Crippen LogP contribution in [0, 0.1) is 0 Å². The monoisotopic (exact) mass is 336 g/mol. The summed E-state index contributed by atoms with van der Waals surface area (Å²) in [6, 6.07) is 4.83. The first kappa shape index (κ1) is 18.1. The lowest BCUT2D eigenvalue weighted by atomic mass is 10.1. The van der Waals surface area contributed by atoms with Gasteiger partial charge in [-0.1, -0.05) is 0 Å². The van der Waals surface area contributed by atoms with Gasteiger partial charge in [0.1, 0.15) is 0 Å². The van der Waals surface area contributed by atoms with Gasteiger partial charge in [0, 0.05) is 5.56 Å². The number of piperidine rings is 1. The van der Waals surface area contributed by atoms with E-state index in [1.165, 1.54) is 38.4 Å². The predicted octanol–water partition coefficient (Wildman–Crippen LogP) is -0.0763. The van der Waals surface area contributed by atoms with Crippen LogP contribution in [-0.2, 0) is 4.79 Å². The van der Waals surface area contributed by atoms with Gasteiger partial charge in [0.2, 0.25) is 5.91 Å². The van der Waals surface area contributed by atoms with Gasteiger partial charge in [0.15, 0.2) is 11.5 Å². The molecule has 1 aliphatic rings. The molecule has 1 saturated heterocycles. The van der Waals surface area contributed by atoms with Crippen LogP contribution in [0.4, 0.5) is 0 Å². The number of amides is 2. The summed E-state index contributed by atoms with van der Waals surface area (Å²) in [5, 5.41) is 0. The number of hydrogen-bond donors (Lipinski definition) is 3. The minimum Gasteiger partial charge on any atom is -0.493 e. The maximum Gasteiger partial charge on any atom is 0.269 e. The Labute approximate surface area is 142 Å². The molecule has 0 radical (unpaired) electrons. The molecule has 0 saturated carbocycles. The van der Waals surface area contributed by atoms with Crippen molar-refractivity contribution in [1.29, 1.82) is 0 Å². The quantitative estimate of drug-likeness (QED) is 0.635. The second kappa shape index (κ2) is 9.12. The van der Waals surface area contributed by atoms with Gasteiger partial charge in [-0.15, -0.1) is 0 Å². The molecule has 0 bridgehead atoms. The number of rotatable bonds is 6. The van der Waals surface area contributed by atoms with Crippen molar-refractivity contribution in [2.45, 2.75) is 25.7 Å². The van der Waals surface area contributed by atoms with E-state index < -0.39 is 5.91 Å². The van der Waals surface area contributed by atoms with E-state index in [-0.39, 0.29) is 5.91 Å². The molecule has 0 aliphatic carbocycles. The predicted molar refractivity (Wildman–Crippen MR) is 89.2 cm³/mol. The van der Waals surface area contributed by atoms with Gasteiger partial charge in [-0.2, -0.15) is 0 Å². The van der Waals surface area contributed by atoms with Crippen LogP contribution in [0.15, 0.2) is 18.2 Å². The van der Waals surface area contributed by atoms with Crippen LogP contribution in [0.2, 0.25) is 0 Å². The van der Waals surface area contributed by atoms with E-state index in [1.54, 1.807) is 18.2 Å². The highest BCUT2D eigenvalue weighted by Crippen LogP contribution is 2.27. The molecule has 0 spiro atoms. The molecule has 0 aromatic heterocycles. The van der Waals surface area contributed by atoms with Crippen molar-refractivity contribution >= 4 is 11.8 Å². The summed E-state index contributed by atoms with van der Waals surface area (Å²) in [5.74, 6) is 0.435. The summed E-state index contributed by atoms with van der Waals surface area (Å²) in [5.41, 5.74) is 5.28. The SMILES string of the molecule is COc1ccc(C(=O)NNC(=O)CC[NH+]2CCCCC2)cc1OC. The van der Waals surface area contributed by atoms with Crippen molar-refractivity contribution in [3.63, 3.8) is 0 Å². The summed E-state index contributed by atoms with van der Waals surface area (Å²) in [6.07, 6.45) is 4.15. The van der Waals surface area contributed by atoms with E-state index in [1.807, 2.05) is 0 Å². The number of nitrogens with one attached hydrogen (secondary N) is 3. The van der Waals surface area contributed by atoms with Crippen molar-refractivity contribution in [2.75, 3.05) is 33.9 Å². The lowest BCUT2D eigenvalue weighted by Gasteiger charge is -2.23. The van der Waals surface area contributed by atoms with Gasteiger partial charge in [0.05, 0.1) is 40.3 Å². The fourth-order valence-electron chi connectivity index (χ4n) is 2.83. The Morgan fingerprint density at radius 1 is 1.04 bits per heavy atom. The zero-order valence-electron chi connectivity index (χ0n) is 14.3. The van der Waals surface area contributed by atoms with Crippen LogP contribution in [-0.4, -0.2) is 45.7 Å². The lowest BCUT2D eigenvalue weighted by Crippen LogP contribution is -3.12. The van der Waals surface area contributed by atoms with Crippen molar-refractivity contribution in [3.05, 3.63) is 23.8 Å². The summed E-state index contributed by atoms with van der Waals surface area (Å²) in [7, 11) is 3.03. The van der Waals surface area contributed by atoms with E-state index in [4.69, 9.17) is 9.47 Å². The second-order valence-electron chi connectivity index (χ2n) is 5.88. The van der Waals surface area contributed by atoms with E-state index >= 15 is 0 Å². The smallest absolute Gasteiger partial charge is 0.269 e. The average Bonchev–Trinajstić information content (AvgIpc) is 2.64. The zero-order chi connectivity index (χ0) is 17.4. The van der Waals surface area contributed by atoms with Crippen LogP contribution in [0.1, 0.15) is 36.0 Å². The molecule has 1 aromatic carbocycles. The molecule has 0 atom stereocenters. The number of carbonyl (C=O) groups excluding carboxylic acids is 2. The number of quaternary nitrogens is 1. The fraction of sp³-hybridized carbons (Fsp3) is 0.529. The molecule has 132 valence electrons. The number of likely N-dealkylation sites (tertiary alicyclic amines) is 1. The molecule has 3 N–H and O–H groups in total. The van der Waals surface area contributed by atoms with Crippen molar-refractivity contribution < 1.29 is 24.0 Å². The van der Waals surface area contributed by atoms with Gasteiger partial charge < -0.3 is 14.4 Å². The number of methoxy groups -OCH3 is 2. The summed E-state index contributed by atoms with van der Waals surface area (Å²) in [4.78, 5) is 25.4. The standard InChI is InChI=1S/C17H25N3O4/c1-23-14-7-6-13(12-15(14)24-2)17(22)19-18-16(21)8-11-20-9-4-3-5-10-20/h6-7,12H,3-5,8-11H2,1-2H3,(H,18,21)(H,19,22)/p+1. The first-order valence-corrected chi connectivity index (χ1v) is 8.29. The number of carbonyl (C=O) groups is 2. The molecular weight excluding hydrogens is 310 g/mol. The molecule has 2 amide bonds. The normalized spacial score (nSPS) is 14.8. The number of hydrogen-bond acceptors (Lipinski definition) is 4. The van der Waals surface area contributed by atoms with E-state index in [9.17, 15) is 9.59 Å². The zero-order valence-corrected chi connectivity index (χ0v) is 14.3. The lowest BCUT2D eigenvalue weighted by molar-refractivity contribution is -0.904. The highest BCUT2D eigenvalue weighted by molar-refractivity contribution is 5.96. The van der Waals surface area contributed by atoms with Gasteiger partial charge in [-0.05, 0) is 37.5 Å². The van der Waals surface area contributed by atoms with Gasteiger partial charge >= 0.3 is 0 Å². The molecule has 1 heterocycles. The Hall–Kier alpha value is -2.28. The van der Waals surface area contributed by atoms with E-state index in [2.05, 4.69) is 10.9 Å². The van der Waals surface area contributed by atoms with Crippen LogP contribution in [0.3, 0.4) is 0 Å². The minimum atomic E-state index is -0.394. The molecule has 7 nitrogen and oxygen atoms in total. The fourth-order valence-corrected chi connectivity index (χ4v) is 2.83. The van der Waals surface area contributed by atoms with Crippen LogP contribution >= 0.6 is 0 Å². The Bertz CT molecular complexity index is 571.